The van der Waals surface area contributed by atoms with E-state index in [0.29, 0.717) is 0 Å². The Hall–Kier alpha value is -0.450. The van der Waals surface area contributed by atoms with Crippen molar-refractivity contribution in [2.24, 2.45) is 5.73 Å². The fraction of sp³-hybridized carbons (Fsp3) is 0.562. The molecule has 114 valence electrons. The lowest BCUT2D eigenvalue weighted by Crippen LogP contribution is -2.20. The molecule has 1 aliphatic heterocycles. The van der Waals surface area contributed by atoms with Crippen molar-refractivity contribution in [2.75, 3.05) is 18.1 Å². The van der Waals surface area contributed by atoms with Crippen molar-refractivity contribution in [1.82, 2.24) is 0 Å². The van der Waals surface area contributed by atoms with Crippen LogP contribution < -0.4 is 5.73 Å². The molecule has 4 heteroatoms. The maximum Gasteiger partial charge on any atom is 0.0413 e. The predicted octanol–water partition coefficient (Wildman–Crippen LogP) is 3.32. The van der Waals surface area contributed by atoms with Crippen molar-refractivity contribution in [3.63, 3.8) is 0 Å². The SMILES string of the molecule is C=S(=O)(c1ccc(C)cc1)C1CCSC1.CCCCN. The van der Waals surface area contributed by atoms with Crippen molar-refractivity contribution in [2.45, 2.75) is 43.3 Å². The van der Waals surface area contributed by atoms with Crippen LogP contribution >= 0.6 is 11.8 Å². The maximum absolute atomic E-state index is 12.6. The molecule has 2 unspecified atom stereocenters. The minimum absolute atomic E-state index is 0.269. The highest BCUT2D eigenvalue weighted by Gasteiger charge is 2.25. The van der Waals surface area contributed by atoms with Crippen LogP contribution in [0.3, 0.4) is 0 Å². The first-order valence-electron chi connectivity index (χ1n) is 7.23. The molecule has 2 atom stereocenters. The second kappa shape index (κ2) is 8.75. The average Bonchev–Trinajstić information content (AvgIpc) is 2.95. The fourth-order valence-electron chi connectivity index (χ4n) is 1.98. The smallest absolute Gasteiger partial charge is 0.0413 e. The van der Waals surface area contributed by atoms with Crippen LogP contribution in [0.15, 0.2) is 29.2 Å². The molecule has 2 rings (SSSR count). The van der Waals surface area contributed by atoms with Gasteiger partial charge in [0, 0.05) is 15.9 Å². The Kier molecular flexibility index (Phi) is 7.70. The molecule has 1 heterocycles. The molecular formula is C16H27NOS2. The van der Waals surface area contributed by atoms with Gasteiger partial charge < -0.3 is 5.73 Å². The highest BCUT2D eigenvalue weighted by atomic mass is 32.2. The number of benzene rings is 1. The summed E-state index contributed by atoms with van der Waals surface area (Å²) >= 11 is 1.89. The molecule has 0 amide bonds. The second-order valence-electron chi connectivity index (χ2n) is 5.17. The Morgan fingerprint density at radius 2 is 2.05 bits per heavy atom. The third kappa shape index (κ3) is 5.15. The molecule has 2 nitrogen and oxygen atoms in total. The van der Waals surface area contributed by atoms with Gasteiger partial charge in [0.25, 0.3) is 0 Å². The number of rotatable bonds is 4. The van der Waals surface area contributed by atoms with Crippen LogP contribution in [-0.2, 0) is 9.52 Å². The van der Waals surface area contributed by atoms with Gasteiger partial charge in [-0.3, -0.25) is 4.21 Å². The van der Waals surface area contributed by atoms with E-state index in [1.54, 1.807) is 0 Å². The van der Waals surface area contributed by atoms with Gasteiger partial charge >= 0.3 is 0 Å². The van der Waals surface area contributed by atoms with Crippen molar-refractivity contribution in [3.05, 3.63) is 29.8 Å². The van der Waals surface area contributed by atoms with E-state index in [0.717, 1.165) is 29.4 Å². The van der Waals surface area contributed by atoms with Gasteiger partial charge in [-0.2, -0.15) is 11.8 Å². The van der Waals surface area contributed by atoms with E-state index in [1.807, 2.05) is 43.0 Å². The predicted molar refractivity (Wildman–Crippen MR) is 94.4 cm³/mol. The summed E-state index contributed by atoms with van der Waals surface area (Å²) in [4.78, 5) is 0.917. The van der Waals surface area contributed by atoms with Gasteiger partial charge in [0.15, 0.2) is 0 Å². The largest absolute Gasteiger partial charge is 0.330 e. The summed E-state index contributed by atoms with van der Waals surface area (Å²) in [5, 5.41) is 0.269. The van der Waals surface area contributed by atoms with E-state index in [9.17, 15) is 4.21 Å². The lowest BCUT2D eigenvalue weighted by Gasteiger charge is -2.15. The van der Waals surface area contributed by atoms with Crippen LogP contribution in [-0.4, -0.2) is 33.4 Å². The van der Waals surface area contributed by atoms with Crippen LogP contribution in [0.25, 0.3) is 0 Å². The molecule has 1 saturated heterocycles. The Bertz CT molecular complexity index is 472. The van der Waals surface area contributed by atoms with Gasteiger partial charge in [-0.1, -0.05) is 31.0 Å². The van der Waals surface area contributed by atoms with Crippen LogP contribution in [0.2, 0.25) is 0 Å². The van der Waals surface area contributed by atoms with E-state index in [-0.39, 0.29) is 5.25 Å². The van der Waals surface area contributed by atoms with Gasteiger partial charge in [0.2, 0.25) is 0 Å². The first kappa shape index (κ1) is 17.6. The summed E-state index contributed by atoms with van der Waals surface area (Å²) in [6.07, 6.45) is 3.43. The lowest BCUT2D eigenvalue weighted by atomic mass is 10.2. The van der Waals surface area contributed by atoms with E-state index >= 15 is 0 Å². The molecule has 20 heavy (non-hydrogen) atoms. The van der Waals surface area contributed by atoms with Gasteiger partial charge in [-0.05, 0) is 59.6 Å². The third-order valence-electron chi connectivity index (χ3n) is 3.40. The third-order valence-corrected chi connectivity index (χ3v) is 7.33. The zero-order chi connectivity index (χ0) is 15.0. The summed E-state index contributed by atoms with van der Waals surface area (Å²) < 4.78 is 12.6. The van der Waals surface area contributed by atoms with Crippen molar-refractivity contribution in [1.29, 1.82) is 0 Å². The van der Waals surface area contributed by atoms with Crippen molar-refractivity contribution < 1.29 is 4.21 Å². The van der Waals surface area contributed by atoms with Gasteiger partial charge in [0.1, 0.15) is 0 Å². The van der Waals surface area contributed by atoms with E-state index in [1.165, 1.54) is 18.4 Å². The Balaban J connectivity index is 0.000000347. The van der Waals surface area contributed by atoms with Gasteiger partial charge in [-0.15, -0.1) is 0 Å². The minimum Gasteiger partial charge on any atom is -0.330 e. The van der Waals surface area contributed by atoms with Crippen molar-refractivity contribution >= 4 is 27.2 Å². The number of thioether (sulfide) groups is 1. The van der Waals surface area contributed by atoms with E-state index < -0.39 is 9.52 Å². The number of nitrogens with two attached hydrogens (primary N) is 1. The summed E-state index contributed by atoms with van der Waals surface area (Å²) in [6.45, 7) is 5.02. The summed E-state index contributed by atoms with van der Waals surface area (Å²) in [7, 11) is -2.08. The summed E-state index contributed by atoms with van der Waals surface area (Å²) in [5.41, 5.74) is 6.34. The molecule has 0 aromatic heterocycles. The zero-order valence-electron chi connectivity index (χ0n) is 12.6. The molecule has 1 aromatic carbocycles. The Morgan fingerprint density at radius 1 is 1.40 bits per heavy atom. The maximum atomic E-state index is 12.6. The molecule has 0 radical (unpaired) electrons. The average molecular weight is 314 g/mol. The second-order valence-corrected chi connectivity index (χ2v) is 8.91. The normalized spacial score (nSPS) is 20.9. The van der Waals surface area contributed by atoms with Gasteiger partial charge in [0.05, 0.1) is 0 Å². The monoisotopic (exact) mass is 313 g/mol. The number of hydrogen-bond acceptors (Lipinski definition) is 3. The minimum atomic E-state index is -2.08. The molecule has 1 aliphatic rings. The number of unbranched alkanes of at least 4 members (excludes halogenated alkanes) is 1. The molecule has 1 fully saturated rings. The van der Waals surface area contributed by atoms with Crippen LogP contribution in [0.1, 0.15) is 31.7 Å². The summed E-state index contributed by atoms with van der Waals surface area (Å²) in [6, 6.07) is 7.96. The van der Waals surface area contributed by atoms with E-state index in [4.69, 9.17) is 5.73 Å². The fourth-order valence-corrected chi connectivity index (χ4v) is 5.82. The summed E-state index contributed by atoms with van der Waals surface area (Å²) in [5.74, 6) is 6.09. The Morgan fingerprint density at radius 3 is 2.45 bits per heavy atom. The first-order chi connectivity index (χ1) is 9.52. The first-order valence-corrected chi connectivity index (χ1v) is 10.2. The lowest BCUT2D eigenvalue weighted by molar-refractivity contribution is 0.671. The standard InChI is InChI=1S/C12H16OS2.C4H11N/c1-10-3-5-11(6-4-10)15(2,13)12-7-8-14-9-12;1-2-3-4-5/h3-6,12H,2,7-9H2,1H3;2-5H2,1H3. The van der Waals surface area contributed by atoms with Gasteiger partial charge in [-0.25, -0.2) is 0 Å². The quantitative estimate of drug-likeness (QED) is 0.867. The molecule has 2 N–H and O–H groups in total. The van der Waals surface area contributed by atoms with Crippen LogP contribution in [0.5, 0.6) is 0 Å². The van der Waals surface area contributed by atoms with Crippen molar-refractivity contribution in [3.8, 4) is 0 Å². The highest BCUT2D eigenvalue weighted by molar-refractivity contribution is 8.04. The highest BCUT2D eigenvalue weighted by Crippen LogP contribution is 2.28. The van der Waals surface area contributed by atoms with Crippen LogP contribution in [0, 0.1) is 6.92 Å². The topological polar surface area (TPSA) is 43.1 Å². The molecule has 1 aromatic rings. The number of hydrogen-bond donors (Lipinski definition) is 1. The Labute approximate surface area is 128 Å². The van der Waals surface area contributed by atoms with E-state index in [2.05, 4.69) is 12.8 Å². The molecule has 0 spiro atoms. The molecular weight excluding hydrogens is 286 g/mol. The zero-order valence-corrected chi connectivity index (χ0v) is 14.3. The molecule has 0 aliphatic carbocycles. The van der Waals surface area contributed by atoms with Crippen LogP contribution in [0.4, 0.5) is 0 Å². The molecule has 0 bridgehead atoms. The molecule has 0 saturated carbocycles. The number of aryl methyl sites for hydroxylation is 1.